The van der Waals surface area contributed by atoms with Gasteiger partial charge in [0.1, 0.15) is 29.7 Å². The summed E-state index contributed by atoms with van der Waals surface area (Å²) in [6.45, 7) is 13.0. The number of nitrogens with one attached hydrogen (secondary N) is 5. The number of ketones is 1. The molecule has 6 N–H and O–H groups in total. The second-order valence-electron chi connectivity index (χ2n) is 21.2. The lowest BCUT2D eigenvalue weighted by Gasteiger charge is -2.36. The van der Waals surface area contributed by atoms with Gasteiger partial charge in [0.15, 0.2) is 5.82 Å². The number of piperazine rings is 1. The molecule has 78 heavy (non-hydrogen) atoms. The number of urea groups is 1. The SMILES string of the molecule is Cc1ncsc1-c1ccc([C@H](C)NC(=O)[C@@H]2C[C@@H](O)CN2C(=O)C(NC(=O)NCCCN2CCN(c3ccc(-c4cnc5[nH]cc(C(=O)c6c(F)ccc(NS(=O)(=O)N7CC[C@@H](F)C7)c6F)c5c4)cc3)CC2)C(C)(C)C)cc1. The number of carbonyl (C=O) groups is 4. The number of β-amino-alcohol motifs (C(OH)–C–C–N with tert-alkyl or cyclic N) is 1. The molecule has 9 rings (SSSR count). The van der Waals surface area contributed by atoms with Gasteiger partial charge in [-0.1, -0.05) is 57.2 Å². The Morgan fingerprint density at radius 2 is 1.63 bits per heavy atom. The first-order chi connectivity index (χ1) is 37.1. The van der Waals surface area contributed by atoms with Gasteiger partial charge in [0.05, 0.1) is 39.5 Å². The van der Waals surface area contributed by atoms with E-state index in [0.29, 0.717) is 29.6 Å². The van der Waals surface area contributed by atoms with Gasteiger partial charge in [-0.15, -0.1) is 11.3 Å². The van der Waals surface area contributed by atoms with Crippen LogP contribution in [0.25, 0.3) is 32.6 Å². The summed E-state index contributed by atoms with van der Waals surface area (Å²) < 4.78 is 73.3. The van der Waals surface area contributed by atoms with Crippen molar-refractivity contribution < 1.29 is 45.9 Å². The lowest BCUT2D eigenvalue weighted by molar-refractivity contribution is -0.142. The number of pyridine rings is 1. The number of thiazole rings is 1. The molecule has 0 spiro atoms. The molecule has 23 heteroatoms. The van der Waals surface area contributed by atoms with E-state index < -0.39 is 87.1 Å². The van der Waals surface area contributed by atoms with E-state index in [0.717, 1.165) is 82.1 Å². The van der Waals surface area contributed by atoms with Gasteiger partial charge in [0.2, 0.25) is 17.6 Å². The quantitative estimate of drug-likeness (QED) is 0.0406. The van der Waals surface area contributed by atoms with Gasteiger partial charge >= 0.3 is 16.2 Å². The smallest absolute Gasteiger partial charge is 0.315 e. The highest BCUT2D eigenvalue weighted by molar-refractivity contribution is 7.90. The van der Waals surface area contributed by atoms with E-state index in [-0.39, 0.29) is 43.4 Å². The minimum absolute atomic E-state index is 0.0102. The molecular formula is C55H64F3N11O7S2. The highest BCUT2D eigenvalue weighted by atomic mass is 32.2. The summed E-state index contributed by atoms with van der Waals surface area (Å²) in [6.07, 6.45) is 1.38. The Bertz CT molecular complexity index is 3290. The Labute approximate surface area is 455 Å². The fourth-order valence-electron chi connectivity index (χ4n) is 10.2. The molecule has 3 aromatic heterocycles. The minimum Gasteiger partial charge on any atom is -0.391 e. The summed E-state index contributed by atoms with van der Waals surface area (Å²) in [5.41, 5.74) is 5.00. The molecule has 6 aromatic rings. The van der Waals surface area contributed by atoms with Crippen LogP contribution < -0.4 is 25.6 Å². The number of hydrogen-bond donors (Lipinski definition) is 6. The molecule has 3 fully saturated rings. The largest absolute Gasteiger partial charge is 0.391 e. The first kappa shape index (κ1) is 55.8. The maximum absolute atomic E-state index is 15.8. The molecule has 0 aliphatic carbocycles. The number of anilines is 2. The van der Waals surface area contributed by atoms with Crippen molar-refractivity contribution in [3.8, 4) is 21.6 Å². The first-order valence-corrected chi connectivity index (χ1v) is 28.3. The van der Waals surface area contributed by atoms with Crippen LogP contribution in [-0.2, 0) is 19.8 Å². The number of hydrogen-bond acceptors (Lipinski definition) is 12. The van der Waals surface area contributed by atoms with Crippen LogP contribution in [0.3, 0.4) is 0 Å². The number of H-pyrrole nitrogens is 1. The van der Waals surface area contributed by atoms with Crippen LogP contribution in [0.2, 0.25) is 0 Å². The second-order valence-corrected chi connectivity index (χ2v) is 23.8. The van der Waals surface area contributed by atoms with Crippen molar-refractivity contribution >= 4 is 67.6 Å². The Balaban J connectivity index is 0.739. The van der Waals surface area contributed by atoms with Crippen LogP contribution in [0.1, 0.15) is 80.2 Å². The molecule has 0 saturated carbocycles. The van der Waals surface area contributed by atoms with Gasteiger partial charge in [0, 0.05) is 93.4 Å². The van der Waals surface area contributed by atoms with Crippen LogP contribution in [0, 0.1) is 24.0 Å². The van der Waals surface area contributed by atoms with E-state index in [2.05, 4.69) is 40.7 Å². The minimum atomic E-state index is -4.38. The van der Waals surface area contributed by atoms with Crippen molar-refractivity contribution in [1.29, 1.82) is 0 Å². The number of amides is 4. The molecule has 3 aliphatic rings. The number of nitrogens with zero attached hydrogens (tertiary/aromatic N) is 6. The fraction of sp³-hybridized carbons (Fsp3) is 0.418. The summed E-state index contributed by atoms with van der Waals surface area (Å²) in [5, 5.41) is 19.8. The molecule has 1 unspecified atom stereocenters. The Hall–Kier alpha value is -6.92. The van der Waals surface area contributed by atoms with Crippen LogP contribution in [0.15, 0.2) is 84.6 Å². The van der Waals surface area contributed by atoms with Crippen molar-refractivity contribution in [2.45, 2.75) is 84.3 Å². The Morgan fingerprint density at radius 3 is 2.29 bits per heavy atom. The molecule has 3 aliphatic heterocycles. The number of fused-ring (bicyclic) bond motifs is 1. The molecular weight excluding hydrogens is 1050 g/mol. The summed E-state index contributed by atoms with van der Waals surface area (Å²) in [5.74, 6) is -4.44. The number of alkyl halides is 1. The number of aryl methyl sites for hydroxylation is 1. The van der Waals surface area contributed by atoms with E-state index in [1.54, 1.807) is 29.1 Å². The summed E-state index contributed by atoms with van der Waals surface area (Å²) in [4.78, 5) is 73.7. The number of aromatic amines is 1. The maximum Gasteiger partial charge on any atom is 0.315 e. The zero-order valence-corrected chi connectivity index (χ0v) is 45.6. The van der Waals surface area contributed by atoms with Gasteiger partial charge in [-0.25, -0.2) is 27.9 Å². The zero-order chi connectivity index (χ0) is 55.6. The standard InChI is InChI=1S/C55H64F3N11O7S2/c1-32(34-7-9-36(10-8-34)49-33(2)62-31-77-49)63-52(72)45-26-40(70)30-69(45)53(73)50(55(3,4)5)64-54(74)59-18-6-19-66-21-23-67(24-22-66)39-13-11-35(12-14-39)37-25-41-42(28-61-51(41)60-27-37)48(71)46-43(57)15-16-44(47(46)58)65-78(75,76)68-20-17-38(56)29-68/h7-16,25,27-28,31-32,38,40,45,50,65,70H,6,17-24,26,29-30H2,1-5H3,(H,60,61)(H,63,72)(H2,59,64,74)/t32-,38+,40+,45-,50?/m0/s1. The maximum atomic E-state index is 15.8. The summed E-state index contributed by atoms with van der Waals surface area (Å²) in [7, 11) is -4.38. The highest BCUT2D eigenvalue weighted by Crippen LogP contribution is 2.33. The van der Waals surface area contributed by atoms with E-state index in [4.69, 9.17) is 0 Å². The topological polar surface area (TPSA) is 225 Å². The molecule has 4 amide bonds. The highest BCUT2D eigenvalue weighted by Gasteiger charge is 2.45. The normalized spacial score (nSPS) is 19.2. The van der Waals surface area contributed by atoms with Gasteiger partial charge in [0.25, 0.3) is 0 Å². The van der Waals surface area contributed by atoms with Crippen molar-refractivity contribution in [3.63, 3.8) is 0 Å². The number of halogens is 3. The number of aromatic nitrogens is 3. The Kier molecular flexibility index (Phi) is 16.6. The van der Waals surface area contributed by atoms with Crippen LogP contribution in [-0.4, -0.2) is 149 Å². The average molecular weight is 1110 g/mol. The van der Waals surface area contributed by atoms with Crippen molar-refractivity contribution in [2.24, 2.45) is 5.41 Å². The van der Waals surface area contributed by atoms with E-state index in [1.165, 1.54) is 11.1 Å². The van der Waals surface area contributed by atoms with Gasteiger partial charge in [-0.05, 0) is 85.7 Å². The van der Waals surface area contributed by atoms with Gasteiger partial charge < -0.3 is 35.8 Å². The number of benzene rings is 3. The predicted molar refractivity (Wildman–Crippen MR) is 293 cm³/mol. The van der Waals surface area contributed by atoms with Crippen molar-refractivity contribution in [1.82, 2.24) is 45.0 Å². The third kappa shape index (κ3) is 12.3. The van der Waals surface area contributed by atoms with E-state index in [9.17, 15) is 37.1 Å². The third-order valence-corrected chi connectivity index (χ3v) is 17.1. The first-order valence-electron chi connectivity index (χ1n) is 26.0. The van der Waals surface area contributed by atoms with Gasteiger partial charge in [-0.2, -0.15) is 12.7 Å². The number of aliphatic hydroxyl groups excluding tert-OH is 1. The van der Waals surface area contributed by atoms with Crippen molar-refractivity contribution in [2.75, 3.05) is 68.5 Å². The van der Waals surface area contributed by atoms with E-state index in [1.807, 2.05) is 87.9 Å². The molecule has 18 nitrogen and oxygen atoms in total. The zero-order valence-electron chi connectivity index (χ0n) is 44.0. The monoisotopic (exact) mass is 1110 g/mol. The molecule has 0 radical (unpaired) electrons. The predicted octanol–water partition coefficient (Wildman–Crippen LogP) is 6.94. The van der Waals surface area contributed by atoms with Crippen molar-refractivity contribution in [3.05, 3.63) is 119 Å². The van der Waals surface area contributed by atoms with Gasteiger partial charge in [-0.3, -0.25) is 24.0 Å². The molecule has 3 aromatic carbocycles. The van der Waals surface area contributed by atoms with E-state index >= 15 is 8.78 Å². The molecule has 414 valence electrons. The van der Waals surface area contributed by atoms with Crippen LogP contribution >= 0.6 is 11.3 Å². The molecule has 0 bridgehead atoms. The fourth-order valence-corrected chi connectivity index (χ4v) is 12.3. The number of rotatable bonds is 17. The number of aliphatic hydroxyl groups is 1. The average Bonchev–Trinajstić information content (AvgIpc) is 4.31. The molecule has 3 saturated heterocycles. The lowest BCUT2D eigenvalue weighted by atomic mass is 9.85. The lowest BCUT2D eigenvalue weighted by Crippen LogP contribution is -2.59. The summed E-state index contributed by atoms with van der Waals surface area (Å²) in [6, 6.07) is 16.3. The second kappa shape index (κ2) is 23.2. The number of carbonyl (C=O) groups excluding carboxylic acids is 4. The Morgan fingerprint density at radius 1 is 0.910 bits per heavy atom. The molecule has 6 heterocycles. The van der Waals surface area contributed by atoms with Crippen LogP contribution in [0.5, 0.6) is 0 Å². The number of likely N-dealkylation sites (tertiary alicyclic amines) is 1. The summed E-state index contributed by atoms with van der Waals surface area (Å²) >= 11 is 1.56. The third-order valence-electron chi connectivity index (χ3n) is 14.7. The van der Waals surface area contributed by atoms with Crippen LogP contribution in [0.4, 0.5) is 29.3 Å². The molecule has 5 atom stereocenters.